The first-order valence-corrected chi connectivity index (χ1v) is 6.33. The maximum atomic E-state index is 13.6. The molecule has 1 aliphatic rings. The maximum Gasteiger partial charge on any atom is 0.256 e. The zero-order valence-electron chi connectivity index (χ0n) is 10.7. The van der Waals surface area contributed by atoms with E-state index in [9.17, 15) is 14.0 Å². The van der Waals surface area contributed by atoms with E-state index in [1.54, 1.807) is 0 Å². The summed E-state index contributed by atoms with van der Waals surface area (Å²) in [5, 5.41) is 9.13. The topological polar surface area (TPSA) is 57.6 Å². The quantitative estimate of drug-likeness (QED) is 0.889. The number of Topliss-reactive ketones (excluding diaryl/α,β-unsaturated/α-hetero) is 1. The van der Waals surface area contributed by atoms with E-state index < -0.39 is 11.7 Å². The summed E-state index contributed by atoms with van der Waals surface area (Å²) in [7, 11) is 0. The molecule has 1 aromatic carbocycles. The van der Waals surface area contributed by atoms with Crippen molar-refractivity contribution in [3.8, 4) is 5.75 Å². The van der Waals surface area contributed by atoms with Crippen molar-refractivity contribution in [2.75, 3.05) is 13.1 Å². The molecule has 1 saturated heterocycles. The molecular formula is C14H16FNO3. The van der Waals surface area contributed by atoms with E-state index in [-0.39, 0.29) is 23.0 Å². The molecular weight excluding hydrogens is 249 g/mol. The number of amides is 1. The van der Waals surface area contributed by atoms with Gasteiger partial charge in [-0.05, 0) is 18.6 Å². The van der Waals surface area contributed by atoms with Crippen LogP contribution >= 0.6 is 0 Å². The first-order chi connectivity index (χ1) is 9.02. The highest BCUT2D eigenvalue weighted by Crippen LogP contribution is 2.21. The van der Waals surface area contributed by atoms with Crippen LogP contribution in [0.4, 0.5) is 4.39 Å². The fourth-order valence-electron chi connectivity index (χ4n) is 2.30. The summed E-state index contributed by atoms with van der Waals surface area (Å²) in [6.07, 6.45) is 1.00. The number of ketones is 1. The number of carbonyl (C=O) groups is 2. The van der Waals surface area contributed by atoms with Gasteiger partial charge in [0.05, 0.1) is 5.56 Å². The fraction of sp³-hybridized carbons (Fsp3) is 0.429. The number of carbonyl (C=O) groups excluding carboxylic acids is 2. The van der Waals surface area contributed by atoms with E-state index in [1.807, 2.05) is 6.92 Å². The molecule has 1 N–H and O–H groups in total. The van der Waals surface area contributed by atoms with E-state index in [0.717, 1.165) is 6.07 Å². The van der Waals surface area contributed by atoms with Gasteiger partial charge in [0.25, 0.3) is 5.91 Å². The Hall–Kier alpha value is -1.91. The lowest BCUT2D eigenvalue weighted by atomic mass is 9.93. The number of piperidine rings is 1. The molecule has 0 spiro atoms. The number of phenols is 1. The second-order valence-electron chi connectivity index (χ2n) is 4.74. The van der Waals surface area contributed by atoms with Gasteiger partial charge in [-0.1, -0.05) is 6.92 Å². The van der Waals surface area contributed by atoms with Crippen molar-refractivity contribution in [3.63, 3.8) is 0 Å². The second kappa shape index (κ2) is 5.38. The van der Waals surface area contributed by atoms with Crippen molar-refractivity contribution in [2.45, 2.75) is 19.8 Å². The van der Waals surface area contributed by atoms with Crippen LogP contribution in [0, 0.1) is 11.7 Å². The first kappa shape index (κ1) is 13.5. The molecule has 102 valence electrons. The molecule has 0 aromatic heterocycles. The zero-order valence-corrected chi connectivity index (χ0v) is 10.7. The molecule has 2 rings (SSSR count). The van der Waals surface area contributed by atoms with E-state index >= 15 is 0 Å². The normalized spacial score (nSPS) is 19.6. The van der Waals surface area contributed by atoms with Crippen LogP contribution in [0.15, 0.2) is 18.2 Å². The van der Waals surface area contributed by atoms with Crippen molar-refractivity contribution >= 4 is 11.7 Å². The van der Waals surface area contributed by atoms with Crippen LogP contribution in [-0.4, -0.2) is 34.8 Å². The number of aromatic hydroxyl groups is 1. The average Bonchev–Trinajstić information content (AvgIpc) is 2.38. The summed E-state index contributed by atoms with van der Waals surface area (Å²) in [4.78, 5) is 25.3. The maximum absolute atomic E-state index is 13.6. The van der Waals surface area contributed by atoms with Gasteiger partial charge in [-0.2, -0.15) is 0 Å². The fourth-order valence-corrected chi connectivity index (χ4v) is 2.30. The Morgan fingerprint density at radius 3 is 2.89 bits per heavy atom. The third-order valence-corrected chi connectivity index (χ3v) is 3.49. The minimum atomic E-state index is -0.741. The van der Waals surface area contributed by atoms with Crippen LogP contribution < -0.4 is 0 Å². The third-order valence-electron chi connectivity index (χ3n) is 3.49. The molecule has 19 heavy (non-hydrogen) atoms. The predicted octanol–water partition coefficient (Wildman–Crippen LogP) is 1.97. The first-order valence-electron chi connectivity index (χ1n) is 6.33. The molecule has 1 fully saturated rings. The lowest BCUT2D eigenvalue weighted by molar-refractivity contribution is -0.125. The highest BCUT2D eigenvalue weighted by atomic mass is 19.1. The molecule has 1 atom stereocenters. The molecule has 1 heterocycles. The van der Waals surface area contributed by atoms with E-state index in [0.29, 0.717) is 25.9 Å². The van der Waals surface area contributed by atoms with Gasteiger partial charge in [0.15, 0.2) is 0 Å². The molecule has 1 aliphatic heterocycles. The monoisotopic (exact) mass is 265 g/mol. The molecule has 0 aliphatic carbocycles. The predicted molar refractivity (Wildman–Crippen MR) is 67.4 cm³/mol. The van der Waals surface area contributed by atoms with Crippen molar-refractivity contribution in [2.24, 2.45) is 5.92 Å². The third kappa shape index (κ3) is 2.75. The molecule has 0 saturated carbocycles. The Morgan fingerprint density at radius 2 is 2.26 bits per heavy atom. The number of hydrogen-bond donors (Lipinski definition) is 1. The zero-order chi connectivity index (χ0) is 14.0. The second-order valence-corrected chi connectivity index (χ2v) is 4.74. The Bertz CT molecular complexity index is 515. The van der Waals surface area contributed by atoms with Crippen molar-refractivity contribution < 1.29 is 19.1 Å². The summed E-state index contributed by atoms with van der Waals surface area (Å²) in [6.45, 7) is 2.57. The molecule has 1 unspecified atom stereocenters. The van der Waals surface area contributed by atoms with Gasteiger partial charge >= 0.3 is 0 Å². The summed E-state index contributed by atoms with van der Waals surface area (Å²) >= 11 is 0. The summed E-state index contributed by atoms with van der Waals surface area (Å²) in [6, 6.07) is 3.47. The van der Waals surface area contributed by atoms with Gasteiger partial charge < -0.3 is 10.0 Å². The van der Waals surface area contributed by atoms with E-state index in [2.05, 4.69) is 0 Å². The number of halogens is 1. The number of likely N-dealkylation sites (tertiary alicyclic amines) is 1. The SMILES string of the molecule is CCC1CN(C(=O)c2ccc(O)cc2F)CCC1=O. The van der Waals surface area contributed by atoms with Crippen molar-refractivity contribution in [1.29, 1.82) is 0 Å². The van der Waals surface area contributed by atoms with Gasteiger partial charge in [-0.15, -0.1) is 0 Å². The highest BCUT2D eigenvalue weighted by molar-refractivity contribution is 5.96. The Balaban J connectivity index is 2.18. The Morgan fingerprint density at radius 1 is 1.53 bits per heavy atom. The summed E-state index contributed by atoms with van der Waals surface area (Å²) < 4.78 is 13.6. The largest absolute Gasteiger partial charge is 0.508 e. The Kier molecular flexibility index (Phi) is 3.83. The molecule has 1 amide bonds. The van der Waals surface area contributed by atoms with Crippen LogP contribution in [-0.2, 0) is 4.79 Å². The number of benzene rings is 1. The molecule has 0 bridgehead atoms. The lowest BCUT2D eigenvalue weighted by Gasteiger charge is -2.31. The van der Waals surface area contributed by atoms with Gasteiger partial charge in [0.2, 0.25) is 0 Å². The van der Waals surface area contributed by atoms with Crippen LogP contribution in [0.2, 0.25) is 0 Å². The van der Waals surface area contributed by atoms with Gasteiger partial charge in [0.1, 0.15) is 17.3 Å². The molecule has 0 radical (unpaired) electrons. The number of rotatable bonds is 2. The van der Waals surface area contributed by atoms with Crippen molar-refractivity contribution in [3.05, 3.63) is 29.6 Å². The minimum Gasteiger partial charge on any atom is -0.508 e. The van der Waals surface area contributed by atoms with Crippen LogP contribution in [0.1, 0.15) is 30.1 Å². The van der Waals surface area contributed by atoms with E-state index in [4.69, 9.17) is 5.11 Å². The number of nitrogens with zero attached hydrogens (tertiary/aromatic N) is 1. The number of phenolic OH excluding ortho intramolecular Hbond substituents is 1. The summed E-state index contributed by atoms with van der Waals surface area (Å²) in [5.74, 6) is -1.37. The van der Waals surface area contributed by atoms with Crippen LogP contribution in [0.25, 0.3) is 0 Å². The van der Waals surface area contributed by atoms with Crippen LogP contribution in [0.5, 0.6) is 5.75 Å². The Labute approximate surface area is 110 Å². The molecule has 1 aromatic rings. The van der Waals surface area contributed by atoms with Crippen LogP contribution in [0.3, 0.4) is 0 Å². The van der Waals surface area contributed by atoms with Gasteiger partial charge in [-0.25, -0.2) is 4.39 Å². The molecule has 4 nitrogen and oxygen atoms in total. The lowest BCUT2D eigenvalue weighted by Crippen LogP contribution is -2.44. The standard InChI is InChI=1S/C14H16FNO3/c1-2-9-8-16(6-5-13(9)18)14(19)11-4-3-10(17)7-12(11)15/h3-4,7,9,17H,2,5-6,8H2,1H3. The van der Waals surface area contributed by atoms with E-state index in [1.165, 1.54) is 17.0 Å². The number of hydrogen-bond acceptors (Lipinski definition) is 3. The highest BCUT2D eigenvalue weighted by Gasteiger charge is 2.30. The smallest absolute Gasteiger partial charge is 0.256 e. The van der Waals surface area contributed by atoms with Gasteiger partial charge in [-0.3, -0.25) is 9.59 Å². The average molecular weight is 265 g/mol. The molecule has 5 heteroatoms. The van der Waals surface area contributed by atoms with Crippen molar-refractivity contribution in [1.82, 2.24) is 4.90 Å². The van der Waals surface area contributed by atoms with Gasteiger partial charge in [0, 0.05) is 31.5 Å². The summed E-state index contributed by atoms with van der Waals surface area (Å²) in [5.41, 5.74) is -0.0676. The minimum absolute atomic E-state index is 0.0676.